The Hall–Kier alpha value is -2.48. The summed E-state index contributed by atoms with van der Waals surface area (Å²) in [6.07, 6.45) is 1.01. The van der Waals surface area contributed by atoms with Crippen LogP contribution in [0.4, 0.5) is 5.69 Å². The van der Waals surface area contributed by atoms with Gasteiger partial charge in [0.15, 0.2) is 6.17 Å². The van der Waals surface area contributed by atoms with Gasteiger partial charge in [0.2, 0.25) is 5.82 Å². The van der Waals surface area contributed by atoms with Gasteiger partial charge in [-0.05, 0) is 52.2 Å². The predicted molar refractivity (Wildman–Crippen MR) is 104 cm³/mol. The Balaban J connectivity index is 2.65. The molecule has 3 N–H and O–H groups in total. The SMILES string of the molecule is CCC(CC)NC1C([N+](=O)[O-])=C(N)N=C(C)N1c1c(C)cc(C)nc1C. The van der Waals surface area contributed by atoms with E-state index in [4.69, 9.17) is 5.73 Å². The van der Waals surface area contributed by atoms with Crippen LogP contribution in [0.15, 0.2) is 22.6 Å². The molecule has 0 aliphatic carbocycles. The average Bonchev–Trinajstić information content (AvgIpc) is 2.53. The molecule has 2 heterocycles. The molecule has 0 fully saturated rings. The minimum absolute atomic E-state index is 0.0532. The molecule has 0 radical (unpaired) electrons. The van der Waals surface area contributed by atoms with Crippen LogP contribution in [0.5, 0.6) is 0 Å². The monoisotopic (exact) mass is 360 g/mol. The molecule has 8 nitrogen and oxygen atoms in total. The summed E-state index contributed by atoms with van der Waals surface area (Å²) in [5, 5.41) is 15.2. The Morgan fingerprint density at radius 3 is 2.42 bits per heavy atom. The van der Waals surface area contributed by atoms with Gasteiger partial charge in [-0.25, -0.2) is 4.99 Å². The number of aromatic nitrogens is 1. The number of nitrogens with one attached hydrogen (secondary N) is 1. The van der Waals surface area contributed by atoms with E-state index >= 15 is 0 Å². The highest BCUT2D eigenvalue weighted by atomic mass is 16.6. The third kappa shape index (κ3) is 3.70. The van der Waals surface area contributed by atoms with Crippen LogP contribution in [-0.2, 0) is 0 Å². The van der Waals surface area contributed by atoms with Crippen molar-refractivity contribution in [3.8, 4) is 0 Å². The van der Waals surface area contributed by atoms with Crippen molar-refractivity contribution in [2.24, 2.45) is 10.7 Å². The number of amidine groups is 1. The van der Waals surface area contributed by atoms with Crippen molar-refractivity contribution in [2.45, 2.75) is 66.6 Å². The lowest BCUT2D eigenvalue weighted by Crippen LogP contribution is -2.56. The van der Waals surface area contributed by atoms with Gasteiger partial charge >= 0.3 is 5.70 Å². The number of hydrogen-bond acceptors (Lipinski definition) is 7. The zero-order chi connectivity index (χ0) is 19.6. The minimum Gasteiger partial charge on any atom is -0.378 e. The number of nitrogens with two attached hydrogens (primary N) is 1. The number of aryl methyl sites for hydroxylation is 3. The lowest BCUT2D eigenvalue weighted by atomic mass is 10.1. The molecule has 8 heteroatoms. The van der Waals surface area contributed by atoms with Gasteiger partial charge in [0, 0.05) is 11.7 Å². The Bertz CT molecular complexity index is 744. The molecular formula is C18H28N6O2. The first kappa shape index (κ1) is 19.8. The number of rotatable bonds is 6. The first-order chi connectivity index (χ1) is 12.2. The van der Waals surface area contributed by atoms with Crippen LogP contribution in [0.2, 0.25) is 0 Å². The fourth-order valence-electron chi connectivity index (χ4n) is 3.50. The highest BCUT2D eigenvalue weighted by Crippen LogP contribution is 2.31. The van der Waals surface area contributed by atoms with Gasteiger partial charge < -0.3 is 10.6 Å². The standard InChI is InChI=1S/C18H28N6O2/c1-7-14(8-2)22-18-16(24(25)26)17(19)21-13(6)23(18)15-10(3)9-11(4)20-12(15)5/h9,14,18,22H,7-8,19H2,1-6H3. The van der Waals surface area contributed by atoms with Gasteiger partial charge in [-0.3, -0.25) is 20.4 Å². The molecular weight excluding hydrogens is 332 g/mol. The Labute approximate surface area is 154 Å². The first-order valence-electron chi connectivity index (χ1n) is 8.90. The molecule has 1 aliphatic rings. The maximum atomic E-state index is 11.8. The van der Waals surface area contributed by atoms with E-state index in [2.05, 4.69) is 29.1 Å². The number of nitrogens with zero attached hydrogens (tertiary/aromatic N) is 4. The minimum atomic E-state index is -0.700. The molecule has 0 saturated heterocycles. The Kier molecular flexibility index (Phi) is 5.97. The van der Waals surface area contributed by atoms with Gasteiger partial charge in [0.05, 0.1) is 16.3 Å². The number of aliphatic imine (C=N–C) groups is 1. The molecule has 1 atom stereocenters. The van der Waals surface area contributed by atoms with Crippen LogP contribution >= 0.6 is 0 Å². The van der Waals surface area contributed by atoms with Crippen molar-refractivity contribution < 1.29 is 4.92 Å². The molecule has 142 valence electrons. The maximum absolute atomic E-state index is 11.8. The van der Waals surface area contributed by atoms with Gasteiger partial charge in [0.25, 0.3) is 0 Å². The van der Waals surface area contributed by atoms with E-state index in [1.807, 2.05) is 38.7 Å². The molecule has 1 unspecified atom stereocenters. The van der Waals surface area contributed by atoms with Crippen LogP contribution in [0.1, 0.15) is 50.6 Å². The highest BCUT2D eigenvalue weighted by molar-refractivity contribution is 5.99. The molecule has 0 amide bonds. The van der Waals surface area contributed by atoms with Crippen molar-refractivity contribution >= 4 is 11.5 Å². The smallest absolute Gasteiger partial charge is 0.325 e. The van der Waals surface area contributed by atoms with E-state index in [0.717, 1.165) is 35.5 Å². The quantitative estimate of drug-likeness (QED) is 0.596. The van der Waals surface area contributed by atoms with Crippen molar-refractivity contribution in [2.75, 3.05) is 4.90 Å². The molecule has 1 aromatic heterocycles. The Morgan fingerprint density at radius 1 is 1.31 bits per heavy atom. The number of anilines is 1. The zero-order valence-electron chi connectivity index (χ0n) is 16.3. The van der Waals surface area contributed by atoms with E-state index in [-0.39, 0.29) is 17.6 Å². The lowest BCUT2D eigenvalue weighted by Gasteiger charge is -2.37. The van der Waals surface area contributed by atoms with Gasteiger partial charge in [-0.2, -0.15) is 0 Å². The summed E-state index contributed by atoms with van der Waals surface area (Å²) in [4.78, 5) is 22.0. The van der Waals surface area contributed by atoms with Gasteiger partial charge in [0.1, 0.15) is 5.84 Å². The van der Waals surface area contributed by atoms with Crippen LogP contribution in [0.25, 0.3) is 0 Å². The number of hydrogen-bond donors (Lipinski definition) is 2. The van der Waals surface area contributed by atoms with Crippen LogP contribution in [0, 0.1) is 30.9 Å². The second kappa shape index (κ2) is 7.82. The van der Waals surface area contributed by atoms with E-state index in [9.17, 15) is 10.1 Å². The summed E-state index contributed by atoms with van der Waals surface area (Å²) >= 11 is 0. The molecule has 0 bridgehead atoms. The van der Waals surface area contributed by atoms with E-state index in [1.165, 1.54) is 0 Å². The maximum Gasteiger partial charge on any atom is 0.325 e. The third-order valence-corrected chi connectivity index (χ3v) is 4.71. The molecule has 26 heavy (non-hydrogen) atoms. The summed E-state index contributed by atoms with van der Waals surface area (Å²) in [6, 6.07) is 2.09. The lowest BCUT2D eigenvalue weighted by molar-refractivity contribution is -0.432. The van der Waals surface area contributed by atoms with E-state index in [1.54, 1.807) is 0 Å². The highest BCUT2D eigenvalue weighted by Gasteiger charge is 2.40. The third-order valence-electron chi connectivity index (χ3n) is 4.71. The fourth-order valence-corrected chi connectivity index (χ4v) is 3.50. The molecule has 0 saturated carbocycles. The summed E-state index contributed by atoms with van der Waals surface area (Å²) in [6.45, 7) is 11.7. The topological polar surface area (TPSA) is 110 Å². The molecule has 0 aromatic carbocycles. The van der Waals surface area contributed by atoms with E-state index in [0.29, 0.717) is 5.84 Å². The summed E-state index contributed by atoms with van der Waals surface area (Å²) in [5.74, 6) is 0.552. The first-order valence-corrected chi connectivity index (χ1v) is 8.90. The second-order valence-electron chi connectivity index (χ2n) is 6.65. The van der Waals surface area contributed by atoms with Gasteiger partial charge in [-0.15, -0.1) is 0 Å². The number of pyridine rings is 1. The van der Waals surface area contributed by atoms with Crippen molar-refractivity contribution in [3.63, 3.8) is 0 Å². The molecule has 2 rings (SSSR count). The zero-order valence-corrected chi connectivity index (χ0v) is 16.3. The Morgan fingerprint density at radius 2 is 1.92 bits per heavy atom. The van der Waals surface area contributed by atoms with E-state index < -0.39 is 11.1 Å². The van der Waals surface area contributed by atoms with Crippen molar-refractivity contribution in [3.05, 3.63) is 44.7 Å². The van der Waals surface area contributed by atoms with Crippen LogP contribution in [-0.4, -0.2) is 28.0 Å². The summed E-state index contributed by atoms with van der Waals surface area (Å²) in [7, 11) is 0. The second-order valence-corrected chi connectivity index (χ2v) is 6.65. The van der Waals surface area contributed by atoms with Crippen LogP contribution < -0.4 is 16.0 Å². The molecule has 0 spiro atoms. The van der Waals surface area contributed by atoms with Gasteiger partial charge in [-0.1, -0.05) is 13.8 Å². The normalized spacial score (nSPS) is 17.7. The molecule has 1 aliphatic heterocycles. The van der Waals surface area contributed by atoms with Crippen molar-refractivity contribution in [1.29, 1.82) is 0 Å². The van der Waals surface area contributed by atoms with Crippen LogP contribution in [0.3, 0.4) is 0 Å². The number of nitro groups is 1. The average molecular weight is 360 g/mol. The van der Waals surface area contributed by atoms with Crippen molar-refractivity contribution in [1.82, 2.24) is 10.3 Å². The summed E-state index contributed by atoms with van der Waals surface area (Å²) < 4.78 is 0. The largest absolute Gasteiger partial charge is 0.378 e. The fraction of sp³-hybridized carbons (Fsp3) is 0.556. The predicted octanol–water partition coefficient (Wildman–Crippen LogP) is 2.75. The summed E-state index contributed by atoms with van der Waals surface area (Å²) in [5.41, 5.74) is 9.33. The molecule has 1 aromatic rings.